The van der Waals surface area contributed by atoms with Gasteiger partial charge in [-0.1, -0.05) is 121 Å². The molecule has 3 heterocycles. The standard InChI is InChI=1S/C42H25NOS/c1-4-13-37-31(8-1)34-24-25-36-33-10-3-6-15-39(33)45-42(36)40(34)43(37)29-22-20-27(21-23-29)26-16-18-28(19-17-26)30-11-7-12-35-32-9-2-5-14-38(32)44-41(30)35/h1-25H. The van der Waals surface area contributed by atoms with Crippen molar-refractivity contribution in [2.45, 2.75) is 0 Å². The quantitative estimate of drug-likeness (QED) is 0.200. The zero-order chi connectivity index (χ0) is 29.5. The van der Waals surface area contributed by atoms with Gasteiger partial charge in [-0.25, -0.2) is 0 Å². The molecule has 0 saturated heterocycles. The van der Waals surface area contributed by atoms with E-state index in [1.807, 2.05) is 23.5 Å². The molecular weight excluding hydrogens is 567 g/mol. The Labute approximate surface area is 263 Å². The van der Waals surface area contributed by atoms with Crippen molar-refractivity contribution in [3.63, 3.8) is 0 Å². The van der Waals surface area contributed by atoms with Crippen molar-refractivity contribution in [1.29, 1.82) is 0 Å². The molecule has 0 saturated carbocycles. The van der Waals surface area contributed by atoms with Crippen molar-refractivity contribution in [2.75, 3.05) is 0 Å². The minimum Gasteiger partial charge on any atom is -0.455 e. The first-order valence-corrected chi connectivity index (χ1v) is 16.1. The number of benzene rings is 7. The minimum absolute atomic E-state index is 0.924. The Morgan fingerprint density at radius 3 is 1.93 bits per heavy atom. The van der Waals surface area contributed by atoms with E-state index >= 15 is 0 Å². The number of hydrogen-bond donors (Lipinski definition) is 0. The summed E-state index contributed by atoms with van der Waals surface area (Å²) in [5, 5.41) is 7.53. The molecule has 45 heavy (non-hydrogen) atoms. The summed E-state index contributed by atoms with van der Waals surface area (Å²) in [5.74, 6) is 0. The van der Waals surface area contributed by atoms with E-state index in [9.17, 15) is 0 Å². The summed E-state index contributed by atoms with van der Waals surface area (Å²) in [6, 6.07) is 54.6. The van der Waals surface area contributed by atoms with Crippen LogP contribution in [0.5, 0.6) is 0 Å². The fourth-order valence-electron chi connectivity index (χ4n) is 7.12. The Morgan fingerprint density at radius 2 is 1.09 bits per heavy atom. The van der Waals surface area contributed by atoms with Crippen LogP contribution in [0, 0.1) is 0 Å². The van der Waals surface area contributed by atoms with Crippen molar-refractivity contribution in [2.24, 2.45) is 0 Å². The smallest absolute Gasteiger partial charge is 0.143 e. The second-order valence-corrected chi connectivity index (χ2v) is 12.7. The summed E-state index contributed by atoms with van der Waals surface area (Å²) in [4.78, 5) is 0. The third kappa shape index (κ3) is 3.62. The Balaban J connectivity index is 1.08. The van der Waals surface area contributed by atoms with Crippen molar-refractivity contribution in [1.82, 2.24) is 4.57 Å². The van der Waals surface area contributed by atoms with Crippen molar-refractivity contribution in [3.8, 4) is 27.9 Å². The molecule has 0 atom stereocenters. The number of rotatable bonds is 3. The predicted molar refractivity (Wildman–Crippen MR) is 192 cm³/mol. The van der Waals surface area contributed by atoms with Gasteiger partial charge in [0.25, 0.3) is 0 Å². The van der Waals surface area contributed by atoms with E-state index in [0.29, 0.717) is 0 Å². The average molecular weight is 592 g/mol. The highest BCUT2D eigenvalue weighted by Crippen LogP contribution is 2.43. The molecule has 10 aromatic rings. The van der Waals surface area contributed by atoms with Gasteiger partial charge in [-0.15, -0.1) is 11.3 Å². The fourth-order valence-corrected chi connectivity index (χ4v) is 8.36. The van der Waals surface area contributed by atoms with E-state index in [0.717, 1.165) is 33.1 Å². The van der Waals surface area contributed by atoms with Crippen molar-refractivity contribution in [3.05, 3.63) is 152 Å². The first kappa shape index (κ1) is 24.8. The number of furan rings is 1. The molecule has 0 aliphatic heterocycles. The summed E-state index contributed by atoms with van der Waals surface area (Å²) in [7, 11) is 0. The van der Waals surface area contributed by atoms with Crippen LogP contribution < -0.4 is 0 Å². The Hall–Kier alpha value is -5.64. The van der Waals surface area contributed by atoms with E-state index in [1.165, 1.54) is 58.8 Å². The fraction of sp³-hybridized carbons (Fsp3) is 0. The maximum atomic E-state index is 6.30. The molecule has 0 unspecified atom stereocenters. The van der Waals surface area contributed by atoms with Crippen LogP contribution in [-0.4, -0.2) is 4.57 Å². The normalized spacial score (nSPS) is 12.0. The number of hydrogen-bond acceptors (Lipinski definition) is 2. The van der Waals surface area contributed by atoms with Crippen LogP contribution in [0.3, 0.4) is 0 Å². The maximum absolute atomic E-state index is 6.30. The molecule has 3 heteroatoms. The number of fused-ring (bicyclic) bond motifs is 10. The van der Waals surface area contributed by atoms with Crippen LogP contribution in [0.15, 0.2) is 156 Å². The van der Waals surface area contributed by atoms with Crippen LogP contribution in [0.2, 0.25) is 0 Å². The molecule has 0 aliphatic rings. The molecule has 0 spiro atoms. The Morgan fingerprint density at radius 1 is 0.444 bits per heavy atom. The van der Waals surface area contributed by atoms with E-state index in [2.05, 4.69) is 144 Å². The lowest BCUT2D eigenvalue weighted by molar-refractivity contribution is 0.670. The number of thiophene rings is 1. The molecule has 210 valence electrons. The van der Waals surface area contributed by atoms with Gasteiger partial charge in [0.05, 0.1) is 15.7 Å². The topological polar surface area (TPSA) is 18.1 Å². The summed E-state index contributed by atoms with van der Waals surface area (Å²) < 4.78 is 11.4. The molecule has 0 fully saturated rings. The molecule has 2 nitrogen and oxygen atoms in total. The van der Waals surface area contributed by atoms with Gasteiger partial charge in [-0.2, -0.15) is 0 Å². The molecule has 3 aromatic heterocycles. The first-order valence-electron chi connectivity index (χ1n) is 15.3. The summed E-state index contributed by atoms with van der Waals surface area (Å²) >= 11 is 1.89. The first-order chi connectivity index (χ1) is 22.3. The van der Waals surface area contributed by atoms with E-state index in [1.54, 1.807) is 0 Å². The second-order valence-electron chi connectivity index (χ2n) is 11.7. The van der Waals surface area contributed by atoms with Crippen LogP contribution >= 0.6 is 11.3 Å². The van der Waals surface area contributed by atoms with Crippen LogP contribution in [0.25, 0.3) is 91.9 Å². The molecule has 0 N–H and O–H groups in total. The maximum Gasteiger partial charge on any atom is 0.143 e. The number of para-hydroxylation sites is 3. The zero-order valence-corrected chi connectivity index (χ0v) is 25.0. The third-order valence-corrected chi connectivity index (χ3v) is 10.4. The SMILES string of the molecule is c1ccc2c(c1)oc1c(-c3ccc(-c4ccc(-n5c6ccccc6c6ccc7c8ccccc8sc7c65)cc4)cc3)cccc12. The average Bonchev–Trinajstić information content (AvgIpc) is 3.78. The van der Waals surface area contributed by atoms with Gasteiger partial charge in [0.1, 0.15) is 11.2 Å². The van der Waals surface area contributed by atoms with Crippen LogP contribution in [0.4, 0.5) is 0 Å². The highest BCUT2D eigenvalue weighted by molar-refractivity contribution is 7.26. The van der Waals surface area contributed by atoms with E-state index in [4.69, 9.17) is 4.42 Å². The highest BCUT2D eigenvalue weighted by atomic mass is 32.1. The van der Waals surface area contributed by atoms with Gasteiger partial charge in [0.2, 0.25) is 0 Å². The van der Waals surface area contributed by atoms with Gasteiger partial charge in [-0.3, -0.25) is 0 Å². The van der Waals surface area contributed by atoms with Gasteiger partial charge < -0.3 is 8.98 Å². The summed E-state index contributed by atoms with van der Waals surface area (Å²) in [5.41, 5.74) is 10.2. The number of nitrogens with zero attached hydrogens (tertiary/aromatic N) is 1. The minimum atomic E-state index is 0.924. The van der Waals surface area contributed by atoms with Gasteiger partial charge in [0, 0.05) is 48.3 Å². The summed E-state index contributed by atoms with van der Waals surface area (Å²) in [6.45, 7) is 0. The molecular formula is C42H25NOS. The van der Waals surface area contributed by atoms with Gasteiger partial charge in [0.15, 0.2) is 0 Å². The largest absolute Gasteiger partial charge is 0.455 e. The van der Waals surface area contributed by atoms with E-state index in [-0.39, 0.29) is 0 Å². The highest BCUT2D eigenvalue weighted by Gasteiger charge is 2.18. The Kier molecular flexibility index (Phi) is 5.19. The Bertz CT molecular complexity index is 2740. The molecule has 0 bridgehead atoms. The molecule has 0 amide bonds. The van der Waals surface area contributed by atoms with Gasteiger partial charge in [-0.05, 0) is 47.0 Å². The van der Waals surface area contributed by atoms with Crippen LogP contribution in [0.1, 0.15) is 0 Å². The lowest BCUT2D eigenvalue weighted by Crippen LogP contribution is -1.94. The second kappa shape index (κ2) is 9.43. The number of aromatic nitrogens is 1. The lowest BCUT2D eigenvalue weighted by Gasteiger charge is -2.10. The van der Waals surface area contributed by atoms with Crippen molar-refractivity contribution < 1.29 is 4.42 Å². The monoisotopic (exact) mass is 591 g/mol. The third-order valence-electron chi connectivity index (χ3n) is 9.24. The molecule has 0 radical (unpaired) electrons. The molecule has 0 aliphatic carbocycles. The predicted octanol–water partition coefficient (Wildman–Crippen LogP) is 12.4. The van der Waals surface area contributed by atoms with Gasteiger partial charge >= 0.3 is 0 Å². The lowest BCUT2D eigenvalue weighted by atomic mass is 9.98. The zero-order valence-electron chi connectivity index (χ0n) is 24.2. The van der Waals surface area contributed by atoms with Crippen LogP contribution in [-0.2, 0) is 0 Å². The summed E-state index contributed by atoms with van der Waals surface area (Å²) in [6.07, 6.45) is 0. The molecule has 7 aromatic carbocycles. The van der Waals surface area contributed by atoms with E-state index < -0.39 is 0 Å². The molecule has 10 rings (SSSR count). The van der Waals surface area contributed by atoms with Crippen molar-refractivity contribution >= 4 is 75.3 Å².